The number of amidine groups is 1. The molecule has 0 atom stereocenters. The number of aliphatic imine (C=N–C) groups is 2. The van der Waals surface area contributed by atoms with Crippen LogP contribution in [0, 0.1) is 11.3 Å². The van der Waals surface area contributed by atoms with E-state index in [9.17, 15) is 4.79 Å². The molecule has 7 nitrogen and oxygen atoms in total. The molecule has 0 N–H and O–H groups in total. The van der Waals surface area contributed by atoms with Crippen molar-refractivity contribution >= 4 is 35.3 Å². The van der Waals surface area contributed by atoms with E-state index in [0.29, 0.717) is 22.4 Å². The number of thioether (sulfide) groups is 1. The second-order valence-electron chi connectivity index (χ2n) is 4.14. The van der Waals surface area contributed by atoms with Crippen LogP contribution in [0.3, 0.4) is 0 Å². The minimum absolute atomic E-state index is 0.229. The van der Waals surface area contributed by atoms with E-state index in [4.69, 9.17) is 14.4 Å². The molecule has 1 amide bonds. The Hall–Kier alpha value is -2.79. The maximum Gasteiger partial charge on any atom is 0.284 e. The Morgan fingerprint density at radius 3 is 3.18 bits per heavy atom. The Morgan fingerprint density at radius 1 is 1.64 bits per heavy atom. The van der Waals surface area contributed by atoms with Gasteiger partial charge in [-0.3, -0.25) is 4.79 Å². The van der Waals surface area contributed by atoms with Crippen molar-refractivity contribution < 1.29 is 13.9 Å². The van der Waals surface area contributed by atoms with Crippen molar-refractivity contribution in [3.05, 3.63) is 40.6 Å². The van der Waals surface area contributed by atoms with Crippen molar-refractivity contribution in [2.24, 2.45) is 9.98 Å². The Balaban J connectivity index is 1.91. The lowest BCUT2D eigenvalue weighted by atomic mass is 10.3. The number of carbonyl (C=O) groups is 1. The average Bonchev–Trinajstić information content (AvgIpc) is 3.20. The van der Waals surface area contributed by atoms with Crippen molar-refractivity contribution in [2.45, 2.75) is 6.92 Å². The van der Waals surface area contributed by atoms with Crippen molar-refractivity contribution in [1.82, 2.24) is 4.90 Å². The highest BCUT2D eigenvalue weighted by atomic mass is 32.2. The highest BCUT2D eigenvalue weighted by molar-refractivity contribution is 8.17. The van der Waals surface area contributed by atoms with Crippen molar-refractivity contribution in [1.29, 1.82) is 5.26 Å². The molecule has 0 radical (unpaired) electrons. The minimum atomic E-state index is -0.354. The van der Waals surface area contributed by atoms with E-state index >= 15 is 0 Å². The summed E-state index contributed by atoms with van der Waals surface area (Å²) in [6.07, 6.45) is 4.28. The fourth-order valence-corrected chi connectivity index (χ4v) is 2.72. The van der Waals surface area contributed by atoms with Crippen LogP contribution < -0.4 is 0 Å². The molecule has 1 aromatic rings. The molecule has 3 heterocycles. The van der Waals surface area contributed by atoms with Gasteiger partial charge in [0.2, 0.25) is 0 Å². The number of nitrogens with zero attached hydrogens (tertiary/aromatic N) is 4. The topological polar surface area (TPSA) is 91.2 Å². The summed E-state index contributed by atoms with van der Waals surface area (Å²) < 4.78 is 10.2. The van der Waals surface area contributed by atoms with E-state index in [1.807, 2.05) is 13.0 Å². The highest BCUT2D eigenvalue weighted by Gasteiger charge is 2.41. The number of amides is 1. The lowest BCUT2D eigenvalue weighted by Crippen LogP contribution is -2.25. The molecule has 22 heavy (non-hydrogen) atoms. The van der Waals surface area contributed by atoms with Gasteiger partial charge in [0.1, 0.15) is 22.4 Å². The van der Waals surface area contributed by atoms with Gasteiger partial charge in [0, 0.05) is 6.08 Å². The molecular weight excluding hydrogens is 304 g/mol. The average molecular weight is 314 g/mol. The summed E-state index contributed by atoms with van der Waals surface area (Å²) in [6, 6.07) is 5.46. The zero-order chi connectivity index (χ0) is 15.5. The van der Waals surface area contributed by atoms with Gasteiger partial charge in [-0.05, 0) is 30.8 Å². The van der Waals surface area contributed by atoms with Crippen LogP contribution in [0.15, 0.2) is 49.2 Å². The van der Waals surface area contributed by atoms with Gasteiger partial charge in [-0.25, -0.2) is 14.9 Å². The smallest absolute Gasteiger partial charge is 0.284 e. The van der Waals surface area contributed by atoms with E-state index in [-0.39, 0.29) is 17.4 Å². The molecule has 0 fully saturated rings. The van der Waals surface area contributed by atoms with Crippen LogP contribution in [0.1, 0.15) is 12.7 Å². The van der Waals surface area contributed by atoms with Gasteiger partial charge in [-0.15, -0.1) is 0 Å². The summed E-state index contributed by atoms with van der Waals surface area (Å²) in [4.78, 5) is 22.3. The number of fused-ring (bicyclic) bond motifs is 1. The van der Waals surface area contributed by atoms with E-state index < -0.39 is 0 Å². The third-order valence-electron chi connectivity index (χ3n) is 2.78. The predicted molar refractivity (Wildman–Crippen MR) is 81.3 cm³/mol. The molecule has 2 aliphatic rings. The summed E-state index contributed by atoms with van der Waals surface area (Å²) in [6.45, 7) is 2.26. The SMILES string of the molecule is CCOC=NC1=C(C#N)SC2=NC(=Cc3ccco3)C(=O)N21. The summed E-state index contributed by atoms with van der Waals surface area (Å²) in [5.41, 5.74) is 0.235. The van der Waals surface area contributed by atoms with Gasteiger partial charge >= 0.3 is 0 Å². The summed E-state index contributed by atoms with van der Waals surface area (Å²) >= 11 is 1.10. The first kappa shape index (κ1) is 14.2. The molecule has 0 aromatic carbocycles. The molecule has 3 rings (SSSR count). The number of hydrogen-bond acceptors (Lipinski definition) is 7. The Labute approximate surface area is 130 Å². The Bertz CT molecular complexity index is 769. The number of furan rings is 1. The van der Waals surface area contributed by atoms with Gasteiger partial charge < -0.3 is 9.15 Å². The van der Waals surface area contributed by atoms with Gasteiger partial charge in [-0.1, -0.05) is 0 Å². The van der Waals surface area contributed by atoms with E-state index in [1.165, 1.54) is 17.6 Å². The third-order valence-corrected chi connectivity index (χ3v) is 3.71. The predicted octanol–water partition coefficient (Wildman–Crippen LogP) is 2.32. The van der Waals surface area contributed by atoms with Crippen LogP contribution in [-0.4, -0.2) is 29.0 Å². The molecule has 0 aliphatic carbocycles. The fraction of sp³-hybridized carbons (Fsp3) is 0.143. The van der Waals surface area contributed by atoms with Gasteiger partial charge in [-0.2, -0.15) is 5.26 Å². The number of hydrogen-bond donors (Lipinski definition) is 0. The molecule has 110 valence electrons. The van der Waals surface area contributed by atoms with E-state index in [1.54, 1.807) is 18.2 Å². The fourth-order valence-electron chi connectivity index (χ4n) is 1.85. The molecule has 8 heteroatoms. The van der Waals surface area contributed by atoms with Crippen LogP contribution in [0.5, 0.6) is 0 Å². The van der Waals surface area contributed by atoms with Crippen LogP contribution in [0.25, 0.3) is 6.08 Å². The Morgan fingerprint density at radius 2 is 2.50 bits per heavy atom. The first-order chi connectivity index (χ1) is 10.7. The second kappa shape index (κ2) is 5.91. The molecule has 0 spiro atoms. The van der Waals surface area contributed by atoms with E-state index in [2.05, 4.69) is 9.98 Å². The lowest BCUT2D eigenvalue weighted by molar-refractivity contribution is -0.121. The normalized spacial score (nSPS) is 19.1. The zero-order valence-corrected chi connectivity index (χ0v) is 12.3. The van der Waals surface area contributed by atoms with Crippen LogP contribution in [0.2, 0.25) is 0 Å². The number of nitriles is 1. The molecule has 0 saturated heterocycles. The molecule has 0 unspecified atom stereocenters. The van der Waals surface area contributed by atoms with Crippen LogP contribution in [-0.2, 0) is 9.53 Å². The number of carbonyl (C=O) groups excluding carboxylic acids is 1. The van der Waals surface area contributed by atoms with Gasteiger partial charge in [0.05, 0.1) is 12.9 Å². The van der Waals surface area contributed by atoms with Crippen molar-refractivity contribution in [3.63, 3.8) is 0 Å². The molecular formula is C14H10N4O3S. The summed E-state index contributed by atoms with van der Waals surface area (Å²) in [5, 5.41) is 9.55. The van der Waals surface area contributed by atoms with Crippen LogP contribution >= 0.6 is 11.8 Å². The quantitative estimate of drug-likeness (QED) is 0.483. The van der Waals surface area contributed by atoms with Gasteiger partial charge in [0.25, 0.3) is 5.91 Å². The monoisotopic (exact) mass is 314 g/mol. The highest BCUT2D eigenvalue weighted by Crippen LogP contribution is 2.39. The maximum absolute atomic E-state index is 12.4. The second-order valence-corrected chi connectivity index (χ2v) is 5.11. The summed E-state index contributed by atoms with van der Waals surface area (Å²) in [5.74, 6) is 0.406. The Kier molecular flexibility index (Phi) is 3.80. The zero-order valence-electron chi connectivity index (χ0n) is 11.5. The summed E-state index contributed by atoms with van der Waals surface area (Å²) in [7, 11) is 0. The minimum Gasteiger partial charge on any atom is -0.483 e. The van der Waals surface area contributed by atoms with Crippen molar-refractivity contribution in [3.8, 4) is 6.07 Å². The molecule has 1 aromatic heterocycles. The molecule has 0 saturated carbocycles. The first-order valence-electron chi connectivity index (χ1n) is 6.39. The molecule has 2 aliphatic heterocycles. The van der Waals surface area contributed by atoms with Crippen LogP contribution in [0.4, 0.5) is 0 Å². The number of ether oxygens (including phenoxy) is 1. The first-order valence-corrected chi connectivity index (χ1v) is 7.21. The third kappa shape index (κ3) is 2.42. The maximum atomic E-state index is 12.4. The largest absolute Gasteiger partial charge is 0.483 e. The number of allylic oxidation sites excluding steroid dienone is 1. The number of rotatable bonds is 4. The van der Waals surface area contributed by atoms with Gasteiger partial charge in [0.15, 0.2) is 17.4 Å². The standard InChI is InChI=1S/C14H10N4O3S/c1-2-20-8-16-12-11(7-15)22-14-17-10(13(19)18(12)14)6-9-4-3-5-21-9/h3-6,8H,2H2,1H3. The lowest BCUT2D eigenvalue weighted by Gasteiger charge is -2.09. The van der Waals surface area contributed by atoms with Crippen molar-refractivity contribution in [2.75, 3.05) is 6.61 Å². The molecule has 0 bridgehead atoms. The van der Waals surface area contributed by atoms with E-state index in [0.717, 1.165) is 11.8 Å².